The van der Waals surface area contributed by atoms with E-state index in [0.29, 0.717) is 6.04 Å². The van der Waals surface area contributed by atoms with Crippen LogP contribution < -0.4 is 5.32 Å². The van der Waals surface area contributed by atoms with Gasteiger partial charge in [0.15, 0.2) is 0 Å². The van der Waals surface area contributed by atoms with Crippen molar-refractivity contribution in [2.24, 2.45) is 5.92 Å². The van der Waals surface area contributed by atoms with E-state index in [2.05, 4.69) is 28.7 Å². The van der Waals surface area contributed by atoms with Crippen molar-refractivity contribution >= 4 is 0 Å². The number of nitrogens with zero attached hydrogens (tertiary/aromatic N) is 2. The van der Waals surface area contributed by atoms with E-state index >= 15 is 0 Å². The SMILES string of the molecule is CC(C)n1cncc1CNCC1CCC1. The number of rotatable bonds is 5. The van der Waals surface area contributed by atoms with Crippen LogP contribution >= 0.6 is 0 Å². The van der Waals surface area contributed by atoms with Gasteiger partial charge in [-0.15, -0.1) is 0 Å². The fourth-order valence-corrected chi connectivity index (χ4v) is 2.04. The summed E-state index contributed by atoms with van der Waals surface area (Å²) in [6.07, 6.45) is 8.14. The summed E-state index contributed by atoms with van der Waals surface area (Å²) in [6.45, 7) is 6.51. The fourth-order valence-electron chi connectivity index (χ4n) is 2.04. The van der Waals surface area contributed by atoms with Crippen LogP contribution in [0.4, 0.5) is 0 Å². The van der Waals surface area contributed by atoms with Crippen molar-refractivity contribution < 1.29 is 0 Å². The molecule has 0 unspecified atom stereocenters. The summed E-state index contributed by atoms with van der Waals surface area (Å²) in [5.41, 5.74) is 1.30. The zero-order chi connectivity index (χ0) is 10.7. The summed E-state index contributed by atoms with van der Waals surface area (Å²) >= 11 is 0. The lowest BCUT2D eigenvalue weighted by Crippen LogP contribution is -2.27. The highest BCUT2D eigenvalue weighted by molar-refractivity contribution is 4.99. The normalized spacial score (nSPS) is 17.0. The Balaban J connectivity index is 1.79. The third-order valence-electron chi connectivity index (χ3n) is 3.27. The second kappa shape index (κ2) is 4.79. The van der Waals surface area contributed by atoms with Gasteiger partial charge in [-0.3, -0.25) is 0 Å². The zero-order valence-electron chi connectivity index (χ0n) is 9.74. The van der Waals surface area contributed by atoms with Gasteiger partial charge < -0.3 is 9.88 Å². The molecule has 1 heterocycles. The van der Waals surface area contributed by atoms with Crippen LogP contribution in [0.15, 0.2) is 12.5 Å². The van der Waals surface area contributed by atoms with E-state index < -0.39 is 0 Å². The average Bonchev–Trinajstić information content (AvgIpc) is 2.57. The standard InChI is InChI=1S/C12H21N3/c1-10(2)15-9-14-8-12(15)7-13-6-11-4-3-5-11/h8-11,13H,3-7H2,1-2H3. The van der Waals surface area contributed by atoms with Gasteiger partial charge in [-0.2, -0.15) is 0 Å². The first-order valence-corrected chi connectivity index (χ1v) is 5.99. The lowest BCUT2D eigenvalue weighted by Gasteiger charge is -2.25. The molecular formula is C12H21N3. The number of aromatic nitrogens is 2. The van der Waals surface area contributed by atoms with Crippen LogP contribution in [0.2, 0.25) is 0 Å². The number of hydrogen-bond donors (Lipinski definition) is 1. The van der Waals surface area contributed by atoms with Crippen molar-refractivity contribution in [3.8, 4) is 0 Å². The maximum Gasteiger partial charge on any atom is 0.0951 e. The molecule has 1 aliphatic carbocycles. The van der Waals surface area contributed by atoms with Crippen LogP contribution in [-0.4, -0.2) is 16.1 Å². The van der Waals surface area contributed by atoms with E-state index in [1.54, 1.807) is 0 Å². The molecule has 0 radical (unpaired) electrons. The van der Waals surface area contributed by atoms with Crippen LogP contribution in [0.3, 0.4) is 0 Å². The Bertz CT molecular complexity index is 300. The first kappa shape index (κ1) is 10.7. The molecule has 3 nitrogen and oxygen atoms in total. The van der Waals surface area contributed by atoms with Crippen LogP contribution in [0, 0.1) is 5.92 Å². The highest BCUT2D eigenvalue weighted by Gasteiger charge is 2.16. The van der Waals surface area contributed by atoms with Crippen LogP contribution in [0.5, 0.6) is 0 Å². The lowest BCUT2D eigenvalue weighted by molar-refractivity contribution is 0.300. The minimum atomic E-state index is 0.507. The fraction of sp³-hybridized carbons (Fsp3) is 0.750. The Kier molecular flexibility index (Phi) is 3.41. The highest BCUT2D eigenvalue weighted by Crippen LogP contribution is 2.25. The monoisotopic (exact) mass is 207 g/mol. The largest absolute Gasteiger partial charge is 0.331 e. The van der Waals surface area contributed by atoms with Crippen molar-refractivity contribution in [3.63, 3.8) is 0 Å². The molecule has 3 heteroatoms. The van der Waals surface area contributed by atoms with Crippen LogP contribution in [0.25, 0.3) is 0 Å². The summed E-state index contributed by atoms with van der Waals surface area (Å²) in [6, 6.07) is 0.507. The van der Waals surface area contributed by atoms with Gasteiger partial charge in [0.1, 0.15) is 0 Å². The molecule has 2 rings (SSSR count). The maximum atomic E-state index is 4.20. The Morgan fingerprint density at radius 2 is 2.33 bits per heavy atom. The Morgan fingerprint density at radius 3 is 2.93 bits per heavy atom. The van der Waals surface area contributed by atoms with Crippen LogP contribution in [0.1, 0.15) is 44.8 Å². The molecule has 1 aromatic rings. The summed E-state index contributed by atoms with van der Waals surface area (Å²) < 4.78 is 2.23. The molecule has 0 bridgehead atoms. The Labute approximate surface area is 91.9 Å². The summed E-state index contributed by atoms with van der Waals surface area (Å²) in [4.78, 5) is 4.20. The molecule has 0 aliphatic heterocycles. The number of nitrogens with one attached hydrogen (secondary N) is 1. The molecule has 0 aromatic carbocycles. The third kappa shape index (κ3) is 2.59. The van der Waals surface area contributed by atoms with E-state index in [9.17, 15) is 0 Å². The summed E-state index contributed by atoms with van der Waals surface area (Å²) in [7, 11) is 0. The molecule has 1 fully saturated rings. The van der Waals surface area contributed by atoms with Gasteiger partial charge in [0.25, 0.3) is 0 Å². The van der Waals surface area contributed by atoms with E-state index in [1.165, 1.54) is 31.5 Å². The van der Waals surface area contributed by atoms with Gasteiger partial charge in [-0.25, -0.2) is 4.98 Å². The minimum absolute atomic E-state index is 0.507. The first-order valence-electron chi connectivity index (χ1n) is 5.99. The predicted molar refractivity (Wildman–Crippen MR) is 61.7 cm³/mol. The first-order chi connectivity index (χ1) is 7.27. The van der Waals surface area contributed by atoms with E-state index in [1.807, 2.05) is 12.5 Å². The van der Waals surface area contributed by atoms with E-state index in [-0.39, 0.29) is 0 Å². The highest BCUT2D eigenvalue weighted by atomic mass is 15.1. The zero-order valence-corrected chi connectivity index (χ0v) is 9.74. The number of imidazole rings is 1. The minimum Gasteiger partial charge on any atom is -0.331 e. The molecule has 84 valence electrons. The predicted octanol–water partition coefficient (Wildman–Crippen LogP) is 2.35. The molecule has 0 saturated heterocycles. The molecule has 1 aliphatic rings. The molecule has 1 N–H and O–H groups in total. The second-order valence-electron chi connectivity index (χ2n) is 4.81. The molecule has 1 saturated carbocycles. The van der Waals surface area contributed by atoms with Crippen molar-refractivity contribution in [1.82, 2.24) is 14.9 Å². The van der Waals surface area contributed by atoms with Crippen molar-refractivity contribution in [2.45, 2.75) is 45.7 Å². The maximum absolute atomic E-state index is 4.20. The van der Waals surface area contributed by atoms with Gasteiger partial charge in [0.2, 0.25) is 0 Å². The Morgan fingerprint density at radius 1 is 1.53 bits per heavy atom. The molecule has 0 spiro atoms. The van der Waals surface area contributed by atoms with Crippen molar-refractivity contribution in [3.05, 3.63) is 18.2 Å². The van der Waals surface area contributed by atoms with Gasteiger partial charge in [-0.1, -0.05) is 6.42 Å². The van der Waals surface area contributed by atoms with Crippen molar-refractivity contribution in [1.29, 1.82) is 0 Å². The van der Waals surface area contributed by atoms with E-state index in [0.717, 1.165) is 12.5 Å². The van der Waals surface area contributed by atoms with Crippen LogP contribution in [-0.2, 0) is 6.54 Å². The van der Waals surface area contributed by atoms with Gasteiger partial charge in [0, 0.05) is 18.8 Å². The number of hydrogen-bond acceptors (Lipinski definition) is 2. The Hall–Kier alpha value is -0.830. The van der Waals surface area contributed by atoms with Gasteiger partial charge in [-0.05, 0) is 39.2 Å². The topological polar surface area (TPSA) is 29.9 Å². The van der Waals surface area contributed by atoms with Gasteiger partial charge in [0.05, 0.1) is 12.0 Å². The lowest BCUT2D eigenvalue weighted by atomic mass is 9.85. The molecule has 0 amide bonds. The molecule has 1 aromatic heterocycles. The molecule has 15 heavy (non-hydrogen) atoms. The molecule has 0 atom stereocenters. The third-order valence-corrected chi connectivity index (χ3v) is 3.27. The van der Waals surface area contributed by atoms with Crippen molar-refractivity contribution in [2.75, 3.05) is 6.54 Å². The molecular weight excluding hydrogens is 186 g/mol. The second-order valence-corrected chi connectivity index (χ2v) is 4.81. The summed E-state index contributed by atoms with van der Waals surface area (Å²) in [5, 5.41) is 3.52. The summed E-state index contributed by atoms with van der Waals surface area (Å²) in [5.74, 6) is 0.931. The average molecular weight is 207 g/mol. The quantitative estimate of drug-likeness (QED) is 0.803. The smallest absolute Gasteiger partial charge is 0.0951 e. The van der Waals surface area contributed by atoms with Gasteiger partial charge >= 0.3 is 0 Å². The van der Waals surface area contributed by atoms with E-state index in [4.69, 9.17) is 0 Å².